The molecule has 7 nitrogen and oxygen atoms in total. The lowest BCUT2D eigenvalue weighted by Crippen LogP contribution is -2.50. The van der Waals surface area contributed by atoms with Crippen molar-refractivity contribution in [2.45, 2.75) is 39.2 Å². The fourth-order valence-corrected chi connectivity index (χ4v) is 3.71. The van der Waals surface area contributed by atoms with Crippen LogP contribution in [-0.2, 0) is 19.7 Å². The zero-order valence-electron chi connectivity index (χ0n) is 12.0. The molecular weight excluding hydrogens is 284 g/mol. The minimum absolute atomic E-state index is 0.135. The number of carbonyl (C=O) groups excluding carboxylic acids is 1. The van der Waals surface area contributed by atoms with E-state index < -0.39 is 22.2 Å². The molecule has 8 heteroatoms. The van der Waals surface area contributed by atoms with Gasteiger partial charge in [0, 0.05) is 19.1 Å². The molecule has 0 aromatic rings. The molecule has 0 aliphatic carbocycles. The summed E-state index contributed by atoms with van der Waals surface area (Å²) < 4.78 is 33.0. The van der Waals surface area contributed by atoms with Gasteiger partial charge in [-0.25, -0.2) is 0 Å². The standard InChI is InChI=1S/C12H24N2O5S/c1-3-11(9-15)13-20(17,18)14-7-5-6-10(8-14)12(16)19-4-2/h10-11,13,15H,3-9H2,1-2H3/t10?,11-/m0/s1. The zero-order valence-corrected chi connectivity index (χ0v) is 12.9. The van der Waals surface area contributed by atoms with Crippen LogP contribution in [0.5, 0.6) is 0 Å². The first kappa shape index (κ1) is 17.4. The highest BCUT2D eigenvalue weighted by atomic mass is 32.2. The Morgan fingerprint density at radius 3 is 2.75 bits per heavy atom. The third-order valence-electron chi connectivity index (χ3n) is 3.37. The first-order chi connectivity index (χ1) is 9.44. The quantitative estimate of drug-likeness (QED) is 0.639. The molecule has 0 saturated carbocycles. The van der Waals surface area contributed by atoms with Crippen molar-refractivity contribution in [2.24, 2.45) is 5.92 Å². The number of nitrogens with one attached hydrogen (secondary N) is 1. The number of aliphatic hydroxyl groups is 1. The lowest BCUT2D eigenvalue weighted by molar-refractivity contribution is -0.149. The molecule has 0 aromatic carbocycles. The monoisotopic (exact) mass is 308 g/mol. The number of nitrogens with zero attached hydrogens (tertiary/aromatic N) is 1. The lowest BCUT2D eigenvalue weighted by Gasteiger charge is -2.31. The van der Waals surface area contributed by atoms with Crippen molar-refractivity contribution in [2.75, 3.05) is 26.3 Å². The first-order valence-corrected chi connectivity index (χ1v) is 8.43. The van der Waals surface area contributed by atoms with Crippen LogP contribution in [0.3, 0.4) is 0 Å². The summed E-state index contributed by atoms with van der Waals surface area (Å²) in [4.78, 5) is 11.7. The van der Waals surface area contributed by atoms with E-state index in [1.165, 1.54) is 4.31 Å². The highest BCUT2D eigenvalue weighted by molar-refractivity contribution is 7.87. The molecule has 0 aromatic heterocycles. The molecule has 0 bridgehead atoms. The predicted octanol–water partition coefficient (Wildman–Crippen LogP) is -0.133. The van der Waals surface area contributed by atoms with Crippen LogP contribution in [0, 0.1) is 5.92 Å². The summed E-state index contributed by atoms with van der Waals surface area (Å²) in [6.07, 6.45) is 1.77. The van der Waals surface area contributed by atoms with Gasteiger partial charge in [0.2, 0.25) is 0 Å². The van der Waals surface area contributed by atoms with Crippen LogP contribution in [0.4, 0.5) is 0 Å². The summed E-state index contributed by atoms with van der Waals surface area (Å²) in [5, 5.41) is 9.08. The van der Waals surface area contributed by atoms with E-state index in [1.807, 2.05) is 0 Å². The molecule has 0 radical (unpaired) electrons. The molecule has 1 saturated heterocycles. The molecule has 118 valence electrons. The first-order valence-electron chi connectivity index (χ1n) is 6.99. The van der Waals surface area contributed by atoms with Crippen LogP contribution < -0.4 is 4.72 Å². The Morgan fingerprint density at radius 2 is 2.20 bits per heavy atom. The van der Waals surface area contributed by atoms with Gasteiger partial charge in [-0.2, -0.15) is 17.4 Å². The van der Waals surface area contributed by atoms with Gasteiger partial charge >= 0.3 is 5.97 Å². The Balaban J connectivity index is 2.68. The predicted molar refractivity (Wildman–Crippen MR) is 74.2 cm³/mol. The molecule has 1 aliphatic rings. The Morgan fingerprint density at radius 1 is 1.50 bits per heavy atom. The Hall–Kier alpha value is -0.700. The number of esters is 1. The van der Waals surface area contributed by atoms with Gasteiger partial charge in [0.25, 0.3) is 10.2 Å². The lowest BCUT2D eigenvalue weighted by atomic mass is 10.0. The molecule has 1 rings (SSSR count). The molecule has 1 unspecified atom stereocenters. The summed E-state index contributed by atoms with van der Waals surface area (Å²) >= 11 is 0. The van der Waals surface area contributed by atoms with Gasteiger partial charge in [-0.1, -0.05) is 6.92 Å². The van der Waals surface area contributed by atoms with Crippen molar-refractivity contribution in [3.63, 3.8) is 0 Å². The largest absolute Gasteiger partial charge is 0.466 e. The van der Waals surface area contributed by atoms with E-state index in [9.17, 15) is 13.2 Å². The molecule has 1 fully saturated rings. The number of ether oxygens (including phenoxy) is 1. The third-order valence-corrected chi connectivity index (χ3v) is 5.02. The van der Waals surface area contributed by atoms with Crippen molar-refractivity contribution >= 4 is 16.2 Å². The van der Waals surface area contributed by atoms with Crippen LogP contribution in [0.1, 0.15) is 33.1 Å². The van der Waals surface area contributed by atoms with Gasteiger partial charge in [0.05, 0.1) is 19.1 Å². The Labute approximate surface area is 120 Å². The van der Waals surface area contributed by atoms with E-state index in [-0.39, 0.29) is 19.1 Å². The number of piperidine rings is 1. The molecule has 2 atom stereocenters. The van der Waals surface area contributed by atoms with E-state index in [0.29, 0.717) is 32.4 Å². The smallest absolute Gasteiger partial charge is 0.310 e. The van der Waals surface area contributed by atoms with Gasteiger partial charge in [-0.05, 0) is 26.2 Å². The summed E-state index contributed by atoms with van der Waals surface area (Å²) in [5.41, 5.74) is 0. The highest BCUT2D eigenvalue weighted by Crippen LogP contribution is 2.20. The maximum absolute atomic E-state index is 12.2. The van der Waals surface area contributed by atoms with Crippen LogP contribution in [0.25, 0.3) is 0 Å². The normalized spacial score (nSPS) is 22.4. The highest BCUT2D eigenvalue weighted by Gasteiger charge is 2.33. The summed E-state index contributed by atoms with van der Waals surface area (Å²) in [6, 6.07) is -0.497. The molecule has 1 aliphatic heterocycles. The second kappa shape index (κ2) is 7.92. The maximum Gasteiger partial charge on any atom is 0.310 e. The van der Waals surface area contributed by atoms with Gasteiger partial charge < -0.3 is 9.84 Å². The Kier molecular flexibility index (Phi) is 6.87. The van der Waals surface area contributed by atoms with Crippen LogP contribution in [0.2, 0.25) is 0 Å². The fraction of sp³-hybridized carbons (Fsp3) is 0.917. The summed E-state index contributed by atoms with van der Waals surface area (Å²) in [6.45, 7) is 4.08. The van der Waals surface area contributed by atoms with Crippen LogP contribution in [-0.4, -0.2) is 56.1 Å². The average molecular weight is 308 g/mol. The van der Waals surface area contributed by atoms with Crippen LogP contribution >= 0.6 is 0 Å². The van der Waals surface area contributed by atoms with Gasteiger partial charge in [-0.3, -0.25) is 4.79 Å². The van der Waals surface area contributed by atoms with Gasteiger partial charge in [-0.15, -0.1) is 0 Å². The van der Waals surface area contributed by atoms with E-state index in [1.54, 1.807) is 13.8 Å². The number of carbonyl (C=O) groups is 1. The number of rotatable bonds is 7. The minimum atomic E-state index is -3.67. The molecular formula is C12H24N2O5S. The molecule has 1 heterocycles. The van der Waals surface area contributed by atoms with Crippen molar-refractivity contribution in [1.82, 2.24) is 9.03 Å². The fourth-order valence-electron chi connectivity index (χ4n) is 2.15. The average Bonchev–Trinajstić information content (AvgIpc) is 2.45. The number of hydrogen-bond donors (Lipinski definition) is 2. The summed E-state index contributed by atoms with van der Waals surface area (Å²) in [7, 11) is -3.67. The topological polar surface area (TPSA) is 95.9 Å². The van der Waals surface area contributed by atoms with E-state index in [2.05, 4.69) is 4.72 Å². The van der Waals surface area contributed by atoms with Gasteiger partial charge in [0.15, 0.2) is 0 Å². The van der Waals surface area contributed by atoms with Gasteiger partial charge in [0.1, 0.15) is 0 Å². The van der Waals surface area contributed by atoms with Crippen molar-refractivity contribution in [3.8, 4) is 0 Å². The van der Waals surface area contributed by atoms with Crippen molar-refractivity contribution in [1.29, 1.82) is 0 Å². The summed E-state index contributed by atoms with van der Waals surface area (Å²) in [5.74, 6) is -0.754. The third kappa shape index (κ3) is 4.69. The second-order valence-corrected chi connectivity index (χ2v) is 6.56. The maximum atomic E-state index is 12.2. The number of hydrogen-bond acceptors (Lipinski definition) is 5. The molecule has 20 heavy (non-hydrogen) atoms. The van der Waals surface area contributed by atoms with E-state index in [0.717, 1.165) is 0 Å². The molecule has 0 spiro atoms. The molecule has 2 N–H and O–H groups in total. The minimum Gasteiger partial charge on any atom is -0.466 e. The zero-order chi connectivity index (χ0) is 15.2. The van der Waals surface area contributed by atoms with E-state index >= 15 is 0 Å². The molecule has 0 amide bonds. The van der Waals surface area contributed by atoms with Crippen molar-refractivity contribution < 1.29 is 23.1 Å². The van der Waals surface area contributed by atoms with Crippen molar-refractivity contribution in [3.05, 3.63) is 0 Å². The second-order valence-electron chi connectivity index (χ2n) is 4.86. The Bertz CT molecular complexity index is 408. The van der Waals surface area contributed by atoms with E-state index in [4.69, 9.17) is 9.84 Å². The van der Waals surface area contributed by atoms with Crippen LogP contribution in [0.15, 0.2) is 0 Å². The number of aliphatic hydroxyl groups excluding tert-OH is 1. The SMILES string of the molecule is CCOC(=O)C1CCCN(S(=O)(=O)N[C@@H](CC)CO)C1.